The molecule has 0 aliphatic carbocycles. The van der Waals surface area contributed by atoms with Crippen LogP contribution >= 0.6 is 11.3 Å². The molecule has 0 bridgehead atoms. The molecule has 0 saturated carbocycles. The Morgan fingerprint density at radius 1 is 1.42 bits per heavy atom. The van der Waals surface area contributed by atoms with Gasteiger partial charge in [-0.15, -0.1) is 11.3 Å². The van der Waals surface area contributed by atoms with Crippen molar-refractivity contribution in [3.63, 3.8) is 0 Å². The van der Waals surface area contributed by atoms with Crippen molar-refractivity contribution >= 4 is 29.0 Å². The van der Waals surface area contributed by atoms with Gasteiger partial charge in [-0.3, -0.25) is 4.79 Å². The molecule has 3 rings (SSSR count). The number of hydrogen-bond donors (Lipinski definition) is 2. The Labute approximate surface area is 145 Å². The lowest BCUT2D eigenvalue weighted by Crippen LogP contribution is -2.40. The zero-order valence-electron chi connectivity index (χ0n) is 13.8. The summed E-state index contributed by atoms with van der Waals surface area (Å²) in [5.74, 6) is 0.0203. The summed E-state index contributed by atoms with van der Waals surface area (Å²) >= 11 is 1.65. The highest BCUT2D eigenvalue weighted by atomic mass is 32.1. The van der Waals surface area contributed by atoms with Crippen molar-refractivity contribution in [1.29, 1.82) is 0 Å². The van der Waals surface area contributed by atoms with Gasteiger partial charge in [0.1, 0.15) is 0 Å². The maximum absolute atomic E-state index is 12.5. The number of urea groups is 1. The molecule has 3 amide bonds. The van der Waals surface area contributed by atoms with Crippen molar-refractivity contribution in [2.45, 2.75) is 32.9 Å². The normalized spacial score (nSPS) is 14.0. The topological polar surface area (TPSA) is 61.4 Å². The highest BCUT2D eigenvalue weighted by molar-refractivity contribution is 7.09. The summed E-state index contributed by atoms with van der Waals surface area (Å²) in [5, 5.41) is 7.89. The number of thiophene rings is 1. The lowest BCUT2D eigenvalue weighted by Gasteiger charge is -2.24. The van der Waals surface area contributed by atoms with Crippen LogP contribution in [0, 0.1) is 0 Å². The molecule has 1 aromatic heterocycles. The number of carbonyl (C=O) groups excluding carboxylic acids is 2. The minimum absolute atomic E-state index is 0.0203. The fraction of sp³-hybridized carbons (Fsp3) is 0.333. The molecular formula is C18H21N3O2S. The van der Waals surface area contributed by atoms with Crippen molar-refractivity contribution < 1.29 is 9.59 Å². The van der Waals surface area contributed by atoms with Crippen molar-refractivity contribution in [1.82, 2.24) is 10.2 Å². The van der Waals surface area contributed by atoms with Crippen LogP contribution in [0.1, 0.15) is 35.9 Å². The molecule has 5 nitrogen and oxygen atoms in total. The minimum atomic E-state index is -0.115. The summed E-state index contributed by atoms with van der Waals surface area (Å²) in [7, 11) is 0. The molecule has 2 aromatic rings. The van der Waals surface area contributed by atoms with Crippen LogP contribution < -0.4 is 10.6 Å². The Bertz CT molecular complexity index is 743. The van der Waals surface area contributed by atoms with E-state index in [1.165, 1.54) is 4.88 Å². The van der Waals surface area contributed by atoms with Crippen LogP contribution in [-0.4, -0.2) is 23.4 Å². The molecule has 6 heteroatoms. The standard InChI is InChI=1S/C18H21N3O2S/c1-3-21(11-15-5-4-8-24-15)18(23)19-12(2)13-6-7-16-14(9-13)10-17(22)20-16/h4-9,12H,3,10-11H2,1-2H3,(H,19,23)(H,20,22). The first-order valence-electron chi connectivity index (χ1n) is 8.07. The number of nitrogens with zero attached hydrogens (tertiary/aromatic N) is 1. The molecule has 1 unspecified atom stereocenters. The third-order valence-electron chi connectivity index (χ3n) is 4.19. The van der Waals surface area contributed by atoms with E-state index in [1.54, 1.807) is 16.2 Å². The predicted molar refractivity (Wildman–Crippen MR) is 96.1 cm³/mol. The summed E-state index contributed by atoms with van der Waals surface area (Å²) < 4.78 is 0. The Morgan fingerprint density at radius 3 is 2.96 bits per heavy atom. The van der Waals surface area contributed by atoms with Gasteiger partial charge < -0.3 is 15.5 Å². The highest BCUT2D eigenvalue weighted by Crippen LogP contribution is 2.26. The molecule has 0 spiro atoms. The molecule has 1 aliphatic heterocycles. The molecule has 1 aromatic carbocycles. The van der Waals surface area contributed by atoms with E-state index < -0.39 is 0 Å². The zero-order valence-corrected chi connectivity index (χ0v) is 14.7. The summed E-state index contributed by atoms with van der Waals surface area (Å²) in [6.45, 7) is 5.21. The fourth-order valence-corrected chi connectivity index (χ4v) is 3.52. The van der Waals surface area contributed by atoms with Gasteiger partial charge in [-0.25, -0.2) is 4.79 Å². The average molecular weight is 343 g/mol. The van der Waals surface area contributed by atoms with Crippen LogP contribution in [0.3, 0.4) is 0 Å². The number of anilines is 1. The Hall–Kier alpha value is -2.34. The molecular weight excluding hydrogens is 322 g/mol. The van der Waals surface area contributed by atoms with Crippen molar-refractivity contribution in [2.75, 3.05) is 11.9 Å². The van der Waals surface area contributed by atoms with E-state index in [2.05, 4.69) is 10.6 Å². The number of fused-ring (bicyclic) bond motifs is 1. The first kappa shape index (κ1) is 16.5. The van der Waals surface area contributed by atoms with E-state index in [0.29, 0.717) is 19.5 Å². The Kier molecular flexibility index (Phi) is 4.85. The average Bonchev–Trinajstić information content (AvgIpc) is 3.19. The smallest absolute Gasteiger partial charge is 0.318 e. The summed E-state index contributed by atoms with van der Waals surface area (Å²) in [6.07, 6.45) is 0.406. The molecule has 24 heavy (non-hydrogen) atoms. The number of rotatable bonds is 5. The first-order chi connectivity index (χ1) is 11.6. The van der Waals surface area contributed by atoms with E-state index in [1.807, 2.05) is 49.6 Å². The number of amides is 3. The van der Waals surface area contributed by atoms with Crippen LogP contribution in [-0.2, 0) is 17.8 Å². The van der Waals surface area contributed by atoms with Crippen LogP contribution in [0.15, 0.2) is 35.7 Å². The third kappa shape index (κ3) is 3.59. The summed E-state index contributed by atoms with van der Waals surface area (Å²) in [4.78, 5) is 26.9. The second-order valence-corrected chi connectivity index (χ2v) is 6.94. The predicted octanol–water partition coefficient (Wildman–Crippen LogP) is 3.54. The number of carbonyl (C=O) groups is 2. The second kappa shape index (κ2) is 7.05. The molecule has 0 saturated heterocycles. The summed E-state index contributed by atoms with van der Waals surface area (Å²) in [5.41, 5.74) is 2.87. The van der Waals surface area contributed by atoms with Gasteiger partial charge in [-0.2, -0.15) is 0 Å². The van der Waals surface area contributed by atoms with Crippen LogP contribution in [0.25, 0.3) is 0 Å². The zero-order chi connectivity index (χ0) is 17.1. The molecule has 0 radical (unpaired) electrons. The Morgan fingerprint density at radius 2 is 2.25 bits per heavy atom. The summed E-state index contributed by atoms with van der Waals surface area (Å²) in [6, 6.07) is 9.69. The monoisotopic (exact) mass is 343 g/mol. The SMILES string of the molecule is CCN(Cc1cccs1)C(=O)NC(C)c1ccc2c(c1)CC(=O)N2. The van der Waals surface area contributed by atoms with Gasteiger partial charge in [0, 0.05) is 17.1 Å². The second-order valence-electron chi connectivity index (χ2n) is 5.91. The van der Waals surface area contributed by atoms with Crippen molar-refractivity contribution in [3.8, 4) is 0 Å². The maximum Gasteiger partial charge on any atom is 0.318 e. The number of benzene rings is 1. The lowest BCUT2D eigenvalue weighted by atomic mass is 10.0. The lowest BCUT2D eigenvalue weighted by molar-refractivity contribution is -0.115. The van der Waals surface area contributed by atoms with Crippen molar-refractivity contribution in [3.05, 3.63) is 51.7 Å². The van der Waals surface area contributed by atoms with Crippen LogP contribution in [0.4, 0.5) is 10.5 Å². The molecule has 126 valence electrons. The molecule has 0 fully saturated rings. The van der Waals surface area contributed by atoms with Gasteiger partial charge in [-0.05, 0) is 42.5 Å². The molecule has 2 heterocycles. The number of hydrogen-bond acceptors (Lipinski definition) is 3. The highest BCUT2D eigenvalue weighted by Gasteiger charge is 2.20. The van der Waals surface area contributed by atoms with E-state index >= 15 is 0 Å². The molecule has 1 aliphatic rings. The van der Waals surface area contributed by atoms with Gasteiger partial charge in [0.05, 0.1) is 19.0 Å². The number of nitrogens with one attached hydrogen (secondary N) is 2. The van der Waals surface area contributed by atoms with Gasteiger partial charge in [0.25, 0.3) is 0 Å². The van der Waals surface area contributed by atoms with E-state index in [9.17, 15) is 9.59 Å². The van der Waals surface area contributed by atoms with Gasteiger partial charge in [0.2, 0.25) is 5.91 Å². The minimum Gasteiger partial charge on any atom is -0.331 e. The van der Waals surface area contributed by atoms with E-state index in [4.69, 9.17) is 0 Å². The van der Waals surface area contributed by atoms with Crippen LogP contribution in [0.5, 0.6) is 0 Å². The molecule has 2 N–H and O–H groups in total. The van der Waals surface area contributed by atoms with Gasteiger partial charge >= 0.3 is 6.03 Å². The van der Waals surface area contributed by atoms with E-state index in [0.717, 1.165) is 16.8 Å². The van der Waals surface area contributed by atoms with Gasteiger partial charge in [0.15, 0.2) is 0 Å². The largest absolute Gasteiger partial charge is 0.331 e. The maximum atomic E-state index is 12.5. The Balaban J connectivity index is 1.65. The quantitative estimate of drug-likeness (QED) is 0.872. The van der Waals surface area contributed by atoms with E-state index in [-0.39, 0.29) is 18.0 Å². The first-order valence-corrected chi connectivity index (χ1v) is 8.95. The third-order valence-corrected chi connectivity index (χ3v) is 5.05. The van der Waals surface area contributed by atoms with Gasteiger partial charge in [-0.1, -0.05) is 18.2 Å². The fourth-order valence-electron chi connectivity index (χ4n) is 2.80. The molecule has 1 atom stereocenters. The van der Waals surface area contributed by atoms with Crippen molar-refractivity contribution in [2.24, 2.45) is 0 Å². The van der Waals surface area contributed by atoms with Crippen LogP contribution in [0.2, 0.25) is 0 Å².